The van der Waals surface area contributed by atoms with E-state index in [9.17, 15) is 0 Å². The van der Waals surface area contributed by atoms with Crippen LogP contribution in [0.1, 0.15) is 30.9 Å². The largest absolute Gasteiger partial charge is 0.389 e. The molecular weight excluding hydrogens is 230 g/mol. The first-order chi connectivity index (χ1) is 8.13. The molecule has 2 rings (SSSR count). The van der Waals surface area contributed by atoms with E-state index in [0.29, 0.717) is 4.99 Å². The first-order valence-electron chi connectivity index (χ1n) is 6.13. The van der Waals surface area contributed by atoms with Crippen molar-refractivity contribution >= 4 is 23.0 Å². The van der Waals surface area contributed by atoms with E-state index in [0.717, 1.165) is 36.0 Å². The van der Waals surface area contributed by atoms with Crippen molar-refractivity contribution in [2.75, 3.05) is 18.0 Å². The maximum absolute atomic E-state index is 5.82. The standard InChI is InChI=1S/C13H19N3S/c1-3-16(8-10-4-5-10)13-11(12(14)17)9(2)6-7-15-13/h6-7,10H,3-5,8H2,1-2H3,(H2,14,17). The summed E-state index contributed by atoms with van der Waals surface area (Å²) in [7, 11) is 0. The van der Waals surface area contributed by atoms with Crippen molar-refractivity contribution in [2.45, 2.75) is 26.7 Å². The maximum atomic E-state index is 5.82. The highest BCUT2D eigenvalue weighted by Gasteiger charge is 2.25. The summed E-state index contributed by atoms with van der Waals surface area (Å²) in [5.74, 6) is 1.78. The van der Waals surface area contributed by atoms with Crippen LogP contribution in [0.5, 0.6) is 0 Å². The van der Waals surface area contributed by atoms with E-state index in [-0.39, 0.29) is 0 Å². The molecule has 0 bridgehead atoms. The van der Waals surface area contributed by atoms with Crippen molar-refractivity contribution in [2.24, 2.45) is 11.7 Å². The van der Waals surface area contributed by atoms with Gasteiger partial charge >= 0.3 is 0 Å². The molecule has 1 aliphatic rings. The Kier molecular flexibility index (Phi) is 3.62. The van der Waals surface area contributed by atoms with Crippen LogP contribution in [0.15, 0.2) is 12.3 Å². The molecule has 17 heavy (non-hydrogen) atoms. The van der Waals surface area contributed by atoms with Gasteiger partial charge in [-0.05, 0) is 44.2 Å². The molecule has 0 saturated heterocycles. The fraction of sp³-hybridized carbons (Fsp3) is 0.538. The van der Waals surface area contributed by atoms with Crippen LogP contribution < -0.4 is 10.6 Å². The Hall–Kier alpha value is -1.16. The molecule has 4 heteroatoms. The SMILES string of the molecule is CCN(CC1CC1)c1nccc(C)c1C(N)=S. The summed E-state index contributed by atoms with van der Waals surface area (Å²) in [6.45, 7) is 6.20. The predicted octanol–water partition coefficient (Wildman–Crippen LogP) is 2.26. The van der Waals surface area contributed by atoms with Crippen LogP contribution >= 0.6 is 12.2 Å². The number of thiocarbonyl (C=S) groups is 1. The number of hydrogen-bond donors (Lipinski definition) is 1. The van der Waals surface area contributed by atoms with Crippen LogP contribution in [0.2, 0.25) is 0 Å². The summed E-state index contributed by atoms with van der Waals surface area (Å²) in [5, 5.41) is 0. The lowest BCUT2D eigenvalue weighted by Gasteiger charge is -2.24. The Morgan fingerprint density at radius 2 is 2.29 bits per heavy atom. The van der Waals surface area contributed by atoms with E-state index in [2.05, 4.69) is 16.8 Å². The lowest BCUT2D eigenvalue weighted by molar-refractivity contribution is 0.731. The summed E-state index contributed by atoms with van der Waals surface area (Å²) < 4.78 is 0. The highest BCUT2D eigenvalue weighted by Crippen LogP contribution is 2.32. The minimum atomic E-state index is 0.444. The van der Waals surface area contributed by atoms with Crippen molar-refractivity contribution in [1.29, 1.82) is 0 Å². The number of hydrogen-bond acceptors (Lipinski definition) is 3. The van der Waals surface area contributed by atoms with Gasteiger partial charge in [-0.1, -0.05) is 12.2 Å². The van der Waals surface area contributed by atoms with Crippen molar-refractivity contribution in [3.05, 3.63) is 23.4 Å². The quantitative estimate of drug-likeness (QED) is 0.813. The zero-order valence-electron chi connectivity index (χ0n) is 10.4. The van der Waals surface area contributed by atoms with Gasteiger partial charge in [0.05, 0.1) is 5.56 Å². The molecule has 0 atom stereocenters. The molecule has 0 unspecified atom stereocenters. The number of aromatic nitrogens is 1. The van der Waals surface area contributed by atoms with E-state index in [1.54, 1.807) is 0 Å². The van der Waals surface area contributed by atoms with Crippen LogP contribution in [-0.2, 0) is 0 Å². The van der Waals surface area contributed by atoms with E-state index >= 15 is 0 Å². The van der Waals surface area contributed by atoms with E-state index in [1.165, 1.54) is 12.8 Å². The molecule has 0 spiro atoms. The van der Waals surface area contributed by atoms with Gasteiger partial charge in [-0.25, -0.2) is 4.98 Å². The molecule has 1 aliphatic carbocycles. The average molecular weight is 249 g/mol. The van der Waals surface area contributed by atoms with Gasteiger partial charge < -0.3 is 10.6 Å². The fourth-order valence-electron chi connectivity index (χ4n) is 2.07. The van der Waals surface area contributed by atoms with E-state index in [4.69, 9.17) is 18.0 Å². The van der Waals surface area contributed by atoms with Crippen molar-refractivity contribution in [3.8, 4) is 0 Å². The summed E-state index contributed by atoms with van der Waals surface area (Å²) in [4.78, 5) is 7.21. The van der Waals surface area contributed by atoms with Gasteiger partial charge in [-0.2, -0.15) is 0 Å². The lowest BCUT2D eigenvalue weighted by Crippen LogP contribution is -2.29. The van der Waals surface area contributed by atoms with Crippen LogP contribution in [0.25, 0.3) is 0 Å². The number of anilines is 1. The minimum Gasteiger partial charge on any atom is -0.389 e. The molecule has 92 valence electrons. The third-order valence-electron chi connectivity index (χ3n) is 3.24. The number of nitrogens with two attached hydrogens (primary N) is 1. The molecule has 0 amide bonds. The molecule has 1 aromatic rings. The fourth-order valence-corrected chi connectivity index (χ4v) is 2.32. The van der Waals surface area contributed by atoms with Gasteiger partial charge in [0.2, 0.25) is 0 Å². The number of rotatable bonds is 5. The highest BCUT2D eigenvalue weighted by molar-refractivity contribution is 7.80. The van der Waals surface area contributed by atoms with Crippen LogP contribution in [-0.4, -0.2) is 23.1 Å². The van der Waals surface area contributed by atoms with Gasteiger partial charge in [0.1, 0.15) is 10.8 Å². The van der Waals surface area contributed by atoms with Gasteiger partial charge in [0.15, 0.2) is 0 Å². The molecule has 2 N–H and O–H groups in total. The lowest BCUT2D eigenvalue weighted by atomic mass is 10.1. The summed E-state index contributed by atoms with van der Waals surface area (Å²) in [5.41, 5.74) is 7.86. The monoisotopic (exact) mass is 249 g/mol. The second-order valence-corrected chi connectivity index (χ2v) is 5.11. The van der Waals surface area contributed by atoms with Crippen LogP contribution in [0.3, 0.4) is 0 Å². The first-order valence-corrected chi connectivity index (χ1v) is 6.54. The van der Waals surface area contributed by atoms with Crippen molar-refractivity contribution in [1.82, 2.24) is 4.98 Å². The Morgan fingerprint density at radius 3 is 2.82 bits per heavy atom. The Morgan fingerprint density at radius 1 is 1.59 bits per heavy atom. The van der Waals surface area contributed by atoms with Crippen molar-refractivity contribution < 1.29 is 0 Å². The van der Waals surface area contributed by atoms with E-state index in [1.807, 2.05) is 19.2 Å². The number of pyridine rings is 1. The van der Waals surface area contributed by atoms with Gasteiger partial charge in [0.25, 0.3) is 0 Å². The summed E-state index contributed by atoms with van der Waals surface area (Å²) >= 11 is 5.14. The highest BCUT2D eigenvalue weighted by atomic mass is 32.1. The van der Waals surface area contributed by atoms with Crippen LogP contribution in [0.4, 0.5) is 5.82 Å². The Labute approximate surface area is 108 Å². The second kappa shape index (κ2) is 5.00. The van der Waals surface area contributed by atoms with Gasteiger partial charge in [-0.15, -0.1) is 0 Å². The molecule has 0 radical (unpaired) electrons. The van der Waals surface area contributed by atoms with Gasteiger partial charge in [0, 0.05) is 19.3 Å². The summed E-state index contributed by atoms with van der Waals surface area (Å²) in [6.07, 6.45) is 4.51. The third-order valence-corrected chi connectivity index (χ3v) is 3.45. The number of nitrogens with zero attached hydrogens (tertiary/aromatic N) is 2. The predicted molar refractivity (Wildman–Crippen MR) is 75.5 cm³/mol. The Bertz CT molecular complexity index is 427. The minimum absolute atomic E-state index is 0.444. The molecular formula is C13H19N3S. The van der Waals surface area contributed by atoms with E-state index < -0.39 is 0 Å². The molecule has 1 aromatic heterocycles. The smallest absolute Gasteiger partial charge is 0.139 e. The maximum Gasteiger partial charge on any atom is 0.139 e. The molecule has 1 heterocycles. The van der Waals surface area contributed by atoms with Gasteiger partial charge in [-0.3, -0.25) is 0 Å². The molecule has 3 nitrogen and oxygen atoms in total. The molecule has 1 saturated carbocycles. The average Bonchev–Trinajstić information content (AvgIpc) is 3.08. The summed E-state index contributed by atoms with van der Waals surface area (Å²) in [6, 6.07) is 1.96. The van der Waals surface area contributed by atoms with Crippen molar-refractivity contribution in [3.63, 3.8) is 0 Å². The molecule has 0 aromatic carbocycles. The molecule has 1 fully saturated rings. The topological polar surface area (TPSA) is 42.2 Å². The third kappa shape index (κ3) is 2.75. The Balaban J connectivity index is 2.33. The molecule has 0 aliphatic heterocycles. The number of aryl methyl sites for hydroxylation is 1. The zero-order valence-corrected chi connectivity index (χ0v) is 11.3. The first kappa shape index (κ1) is 12.3. The normalized spacial score (nSPS) is 14.7. The van der Waals surface area contributed by atoms with Crippen LogP contribution in [0, 0.1) is 12.8 Å². The zero-order chi connectivity index (χ0) is 12.4. The second-order valence-electron chi connectivity index (χ2n) is 4.67.